The molecule has 4 fully saturated rings. The van der Waals surface area contributed by atoms with Crippen LogP contribution in [0.25, 0.3) is 0 Å². The van der Waals surface area contributed by atoms with E-state index in [-0.39, 0.29) is 23.8 Å². The molecule has 0 radical (unpaired) electrons. The summed E-state index contributed by atoms with van der Waals surface area (Å²) in [5, 5.41) is 0. The number of alkyl halides is 6. The third kappa shape index (κ3) is 6.47. The van der Waals surface area contributed by atoms with Gasteiger partial charge >= 0.3 is 30.3 Å². The minimum absolute atomic E-state index is 0.123. The van der Waals surface area contributed by atoms with Crippen molar-refractivity contribution in [1.29, 1.82) is 0 Å². The Balaban J connectivity index is 1.56. The molecule has 0 aromatic rings. The SMILES string of the molecule is C=C(C)C(=O)OCC(=O)OC12CC3CC(CC(OCCOC(=O)C(C(F)(F)F)C(F)(F)F)(C3)C1)C2. The van der Waals surface area contributed by atoms with Gasteiger partial charge in [0.25, 0.3) is 0 Å². The van der Waals surface area contributed by atoms with E-state index in [2.05, 4.69) is 11.3 Å². The minimum atomic E-state index is -5.83. The Hall–Kier alpha value is -2.31. The van der Waals surface area contributed by atoms with Crippen molar-refractivity contribution in [3.63, 3.8) is 0 Å². The first kappa shape index (κ1) is 27.3. The lowest BCUT2D eigenvalue weighted by Gasteiger charge is -2.60. The summed E-state index contributed by atoms with van der Waals surface area (Å²) >= 11 is 0. The van der Waals surface area contributed by atoms with Gasteiger partial charge in [0.2, 0.25) is 5.92 Å². The third-order valence-electron chi connectivity index (χ3n) is 6.58. The molecule has 198 valence electrons. The monoisotopic (exact) mass is 516 g/mol. The molecular weight excluding hydrogens is 490 g/mol. The molecule has 2 unspecified atom stereocenters. The topological polar surface area (TPSA) is 88.1 Å². The summed E-state index contributed by atoms with van der Waals surface area (Å²) in [5.41, 5.74) is -1.55. The first-order chi connectivity index (χ1) is 16.0. The molecule has 4 rings (SSSR count). The second kappa shape index (κ2) is 9.62. The highest BCUT2D eigenvalue weighted by Crippen LogP contribution is 2.60. The summed E-state index contributed by atoms with van der Waals surface area (Å²) in [7, 11) is 0. The van der Waals surface area contributed by atoms with Gasteiger partial charge in [0.05, 0.1) is 12.2 Å². The predicted octanol–water partition coefficient (Wildman–Crippen LogP) is 4.04. The van der Waals surface area contributed by atoms with Crippen molar-refractivity contribution in [2.75, 3.05) is 19.8 Å². The largest absolute Gasteiger partial charge is 0.463 e. The van der Waals surface area contributed by atoms with E-state index in [4.69, 9.17) is 14.2 Å². The van der Waals surface area contributed by atoms with Crippen molar-refractivity contribution in [1.82, 2.24) is 0 Å². The Labute approximate surface area is 197 Å². The lowest BCUT2D eigenvalue weighted by molar-refractivity contribution is -0.283. The van der Waals surface area contributed by atoms with Crippen LogP contribution in [0.3, 0.4) is 0 Å². The Morgan fingerprint density at radius 1 is 0.914 bits per heavy atom. The van der Waals surface area contributed by atoms with Gasteiger partial charge in [0, 0.05) is 12.0 Å². The van der Waals surface area contributed by atoms with Gasteiger partial charge in [-0.3, -0.25) is 4.79 Å². The third-order valence-corrected chi connectivity index (χ3v) is 6.58. The van der Waals surface area contributed by atoms with E-state index in [0.29, 0.717) is 25.7 Å². The highest BCUT2D eigenvalue weighted by molar-refractivity contribution is 5.88. The summed E-state index contributed by atoms with van der Waals surface area (Å²) < 4.78 is 96.4. The zero-order valence-electron chi connectivity index (χ0n) is 18.9. The van der Waals surface area contributed by atoms with Crippen LogP contribution in [0.15, 0.2) is 12.2 Å². The summed E-state index contributed by atoms with van der Waals surface area (Å²) in [4.78, 5) is 35.3. The molecule has 4 bridgehead atoms. The van der Waals surface area contributed by atoms with E-state index >= 15 is 0 Å². The molecule has 13 heteroatoms. The van der Waals surface area contributed by atoms with Crippen molar-refractivity contribution in [2.24, 2.45) is 17.8 Å². The summed E-state index contributed by atoms with van der Waals surface area (Å²) in [6.07, 6.45) is -8.21. The zero-order valence-corrected chi connectivity index (χ0v) is 18.9. The lowest BCUT2D eigenvalue weighted by Crippen LogP contribution is -2.61. The molecule has 0 aromatic heterocycles. The van der Waals surface area contributed by atoms with Gasteiger partial charge in [-0.15, -0.1) is 0 Å². The molecule has 4 aliphatic rings. The highest BCUT2D eigenvalue weighted by atomic mass is 19.4. The van der Waals surface area contributed by atoms with Gasteiger partial charge in [-0.2, -0.15) is 26.3 Å². The van der Waals surface area contributed by atoms with Crippen molar-refractivity contribution in [3.8, 4) is 0 Å². The molecule has 0 aromatic carbocycles. The molecule has 0 saturated heterocycles. The molecule has 0 heterocycles. The van der Waals surface area contributed by atoms with Crippen molar-refractivity contribution < 1.29 is 59.7 Å². The average Bonchev–Trinajstić information content (AvgIpc) is 2.65. The maximum atomic E-state index is 12.6. The van der Waals surface area contributed by atoms with Crippen LogP contribution in [0.5, 0.6) is 0 Å². The van der Waals surface area contributed by atoms with E-state index in [1.807, 2.05) is 0 Å². The Kier molecular flexibility index (Phi) is 7.50. The molecule has 0 N–H and O–H groups in total. The van der Waals surface area contributed by atoms with Gasteiger partial charge in [0.15, 0.2) is 6.61 Å². The molecule has 0 amide bonds. The number of esters is 3. The summed E-state index contributed by atoms with van der Waals surface area (Å²) in [6, 6.07) is 0. The average molecular weight is 516 g/mol. The number of carbonyl (C=O) groups excluding carboxylic acids is 3. The number of halogens is 6. The first-order valence-corrected chi connectivity index (χ1v) is 11.0. The maximum Gasteiger partial charge on any atom is 0.411 e. The predicted molar refractivity (Wildman–Crippen MR) is 105 cm³/mol. The van der Waals surface area contributed by atoms with Crippen molar-refractivity contribution >= 4 is 17.9 Å². The maximum absolute atomic E-state index is 12.6. The highest BCUT2D eigenvalue weighted by Gasteiger charge is 2.63. The number of hydrogen-bond acceptors (Lipinski definition) is 7. The van der Waals surface area contributed by atoms with E-state index in [1.165, 1.54) is 6.92 Å². The first-order valence-electron chi connectivity index (χ1n) is 11.0. The summed E-state index contributed by atoms with van der Waals surface area (Å²) in [6.45, 7) is 3.06. The van der Waals surface area contributed by atoms with E-state index < -0.39 is 67.2 Å². The molecule has 35 heavy (non-hydrogen) atoms. The molecule has 2 atom stereocenters. The quantitative estimate of drug-likeness (QED) is 0.150. The second-order valence-corrected chi connectivity index (χ2v) is 9.69. The van der Waals surface area contributed by atoms with Crippen LogP contribution >= 0.6 is 0 Å². The van der Waals surface area contributed by atoms with Crippen LogP contribution in [-0.2, 0) is 33.3 Å². The molecule has 7 nitrogen and oxygen atoms in total. The van der Waals surface area contributed by atoms with Crippen LogP contribution < -0.4 is 0 Å². The van der Waals surface area contributed by atoms with E-state index in [0.717, 1.165) is 6.42 Å². The van der Waals surface area contributed by atoms with Crippen LogP contribution in [0.2, 0.25) is 0 Å². The standard InChI is InChI=1S/C22H26F6O7/c1-12(2)17(30)33-10-15(29)35-20-8-13-5-14(9-20)7-19(6-13,11-20)34-4-3-32-18(31)16(21(23,24)25)22(26,27)28/h13-14,16H,1,3-11H2,2H3. The smallest absolute Gasteiger partial charge is 0.411 e. The normalized spacial score (nSPS) is 29.7. The van der Waals surface area contributed by atoms with Crippen LogP contribution in [0.4, 0.5) is 26.3 Å². The number of carbonyl (C=O) groups is 3. The van der Waals surface area contributed by atoms with Gasteiger partial charge in [0.1, 0.15) is 12.2 Å². The summed E-state index contributed by atoms with van der Waals surface area (Å²) in [5.74, 6) is -7.85. The van der Waals surface area contributed by atoms with Crippen LogP contribution in [0, 0.1) is 17.8 Å². The lowest BCUT2D eigenvalue weighted by atomic mass is 9.52. The molecule has 0 aliphatic heterocycles. The molecule has 0 spiro atoms. The number of ether oxygens (including phenoxy) is 4. The van der Waals surface area contributed by atoms with Crippen LogP contribution in [-0.4, -0.2) is 61.3 Å². The van der Waals surface area contributed by atoms with Crippen molar-refractivity contribution in [3.05, 3.63) is 12.2 Å². The van der Waals surface area contributed by atoms with Gasteiger partial charge in [-0.25, -0.2) is 9.59 Å². The fraction of sp³-hybridized carbons (Fsp3) is 0.773. The fourth-order valence-corrected chi connectivity index (χ4v) is 5.84. The molecule has 4 aliphatic carbocycles. The fourth-order valence-electron chi connectivity index (χ4n) is 5.84. The second-order valence-electron chi connectivity index (χ2n) is 9.69. The van der Waals surface area contributed by atoms with Gasteiger partial charge in [-0.1, -0.05) is 6.58 Å². The van der Waals surface area contributed by atoms with Crippen molar-refractivity contribution in [2.45, 2.75) is 69.0 Å². The Bertz CT molecular complexity index is 837. The molecule has 4 saturated carbocycles. The molecular formula is C22H26F6O7. The van der Waals surface area contributed by atoms with E-state index in [9.17, 15) is 40.7 Å². The number of rotatable bonds is 9. The minimum Gasteiger partial charge on any atom is -0.463 e. The van der Waals surface area contributed by atoms with E-state index in [1.54, 1.807) is 0 Å². The van der Waals surface area contributed by atoms with Gasteiger partial charge in [-0.05, 0) is 50.9 Å². The van der Waals surface area contributed by atoms with Gasteiger partial charge < -0.3 is 18.9 Å². The Morgan fingerprint density at radius 3 is 1.97 bits per heavy atom. The Morgan fingerprint density at radius 2 is 1.46 bits per heavy atom. The number of hydrogen-bond donors (Lipinski definition) is 0. The van der Waals surface area contributed by atoms with Crippen LogP contribution in [0.1, 0.15) is 45.4 Å². The zero-order chi connectivity index (χ0) is 26.2.